The SMILES string of the molecule is CC/C=C\C/C=C\C/C=C\C/C=C\C/C=C\C/C=C\C/C=C\C/C=C\C/C=C\CCCC(=O)OCC(COC(=O)CCCCCCC/C=C\CCCCCCCC)OC(=O)CCCCCCCCCCCCCCCCCCCCC. The van der Waals surface area contributed by atoms with E-state index in [0.717, 1.165) is 109 Å². The second kappa shape index (κ2) is 68.3. The quantitative estimate of drug-likeness (QED) is 0.0261. The van der Waals surface area contributed by atoms with Crippen LogP contribution in [-0.2, 0) is 28.6 Å². The standard InChI is InChI=1S/C75H126O6/c1-4-7-10-13-16-19-22-25-28-30-32-33-34-35-36-37-38-39-40-41-43-44-47-50-53-56-59-62-65-68-74(77)80-71-72(70-79-73(76)67-64-61-58-55-52-49-46-27-24-21-18-15-12-9-6-3)81-75(78)69-66-63-60-57-54-51-48-45-42-31-29-26-23-20-17-14-11-8-5-2/h7,10,16,19,25,27-28,32-33,35-36,38-39,41,43,46-47,50,56,59,72H,4-6,8-9,11-15,17-18,20-24,26,29-31,34,37,40,42,44-45,48-49,51-55,57-58,60-71H2,1-3H3/b10-7-,19-16-,28-25-,33-32-,36-35-,39-38-,43-41-,46-27-,50-47-,59-56-. The number of carbonyl (C=O) groups is 3. The topological polar surface area (TPSA) is 78.9 Å². The molecule has 0 radical (unpaired) electrons. The summed E-state index contributed by atoms with van der Waals surface area (Å²) < 4.78 is 16.9. The molecule has 6 heteroatoms. The number of carbonyl (C=O) groups excluding carboxylic acids is 3. The first-order valence-corrected chi connectivity index (χ1v) is 34.0. The first kappa shape index (κ1) is 76.8. The van der Waals surface area contributed by atoms with E-state index in [9.17, 15) is 14.4 Å². The third-order valence-electron chi connectivity index (χ3n) is 14.5. The number of allylic oxidation sites excluding steroid dienone is 20. The molecular formula is C75H126O6. The normalized spacial score (nSPS) is 12.9. The average molecular weight is 1120 g/mol. The number of hydrogen-bond acceptors (Lipinski definition) is 6. The van der Waals surface area contributed by atoms with Gasteiger partial charge >= 0.3 is 17.9 Å². The number of ether oxygens (including phenoxy) is 3. The molecule has 0 fully saturated rings. The zero-order valence-electron chi connectivity index (χ0n) is 53.0. The van der Waals surface area contributed by atoms with Crippen molar-refractivity contribution in [3.05, 3.63) is 122 Å². The van der Waals surface area contributed by atoms with Crippen molar-refractivity contribution in [2.24, 2.45) is 0 Å². The van der Waals surface area contributed by atoms with Crippen molar-refractivity contribution in [1.82, 2.24) is 0 Å². The van der Waals surface area contributed by atoms with Crippen molar-refractivity contribution in [1.29, 1.82) is 0 Å². The Morgan fingerprint density at radius 3 is 0.815 bits per heavy atom. The lowest BCUT2D eigenvalue weighted by atomic mass is 10.0. The number of rotatable bonds is 61. The van der Waals surface area contributed by atoms with Crippen molar-refractivity contribution in [3.8, 4) is 0 Å². The molecule has 0 amide bonds. The Morgan fingerprint density at radius 2 is 0.494 bits per heavy atom. The van der Waals surface area contributed by atoms with Crippen molar-refractivity contribution in [2.75, 3.05) is 13.2 Å². The minimum absolute atomic E-state index is 0.0996. The minimum atomic E-state index is -0.807. The van der Waals surface area contributed by atoms with Gasteiger partial charge in [-0.3, -0.25) is 14.4 Å². The molecule has 0 aromatic rings. The molecule has 1 atom stereocenters. The van der Waals surface area contributed by atoms with Gasteiger partial charge in [0.2, 0.25) is 0 Å². The Labute approximate surface area is 501 Å². The van der Waals surface area contributed by atoms with Crippen molar-refractivity contribution in [2.45, 2.75) is 322 Å². The molecule has 0 aliphatic heterocycles. The summed E-state index contributed by atoms with van der Waals surface area (Å²) in [6.45, 7) is 6.50. The highest BCUT2D eigenvalue weighted by Gasteiger charge is 2.19. The molecule has 0 aliphatic carbocycles. The lowest BCUT2D eigenvalue weighted by Gasteiger charge is -2.18. The van der Waals surface area contributed by atoms with Gasteiger partial charge in [0.1, 0.15) is 13.2 Å². The Kier molecular flexibility index (Phi) is 64.8. The summed E-state index contributed by atoms with van der Waals surface area (Å²) in [6.07, 6.45) is 95.0. The summed E-state index contributed by atoms with van der Waals surface area (Å²) in [4.78, 5) is 38.4. The Bertz CT molecular complexity index is 1670. The van der Waals surface area contributed by atoms with Crippen LogP contribution in [0.5, 0.6) is 0 Å². The first-order valence-electron chi connectivity index (χ1n) is 34.0. The van der Waals surface area contributed by atoms with Gasteiger partial charge in [-0.15, -0.1) is 0 Å². The van der Waals surface area contributed by atoms with Gasteiger partial charge in [-0.2, -0.15) is 0 Å². The smallest absolute Gasteiger partial charge is 0.306 e. The largest absolute Gasteiger partial charge is 0.462 e. The van der Waals surface area contributed by atoms with Crippen LogP contribution in [0.3, 0.4) is 0 Å². The van der Waals surface area contributed by atoms with Gasteiger partial charge in [0, 0.05) is 19.3 Å². The van der Waals surface area contributed by atoms with Crippen LogP contribution in [0.25, 0.3) is 0 Å². The van der Waals surface area contributed by atoms with Crippen LogP contribution in [0, 0.1) is 0 Å². The average Bonchev–Trinajstić information content (AvgIpc) is 3.47. The van der Waals surface area contributed by atoms with Crippen LogP contribution in [0.4, 0.5) is 0 Å². The molecule has 0 spiro atoms. The minimum Gasteiger partial charge on any atom is -0.462 e. The van der Waals surface area contributed by atoms with Gasteiger partial charge in [0.15, 0.2) is 6.10 Å². The highest BCUT2D eigenvalue weighted by Crippen LogP contribution is 2.17. The van der Waals surface area contributed by atoms with E-state index in [2.05, 4.69) is 142 Å². The van der Waals surface area contributed by atoms with Crippen LogP contribution >= 0.6 is 0 Å². The summed E-state index contributed by atoms with van der Waals surface area (Å²) >= 11 is 0. The van der Waals surface area contributed by atoms with Gasteiger partial charge in [0.25, 0.3) is 0 Å². The maximum atomic E-state index is 12.9. The van der Waals surface area contributed by atoms with Crippen LogP contribution in [0.2, 0.25) is 0 Å². The zero-order valence-corrected chi connectivity index (χ0v) is 53.0. The van der Waals surface area contributed by atoms with Gasteiger partial charge in [0.05, 0.1) is 0 Å². The number of hydrogen-bond donors (Lipinski definition) is 0. The molecule has 1 unspecified atom stereocenters. The highest BCUT2D eigenvalue weighted by atomic mass is 16.6. The Hall–Kier alpha value is -4.19. The molecule has 0 aromatic heterocycles. The summed E-state index contributed by atoms with van der Waals surface area (Å²) in [5.41, 5.74) is 0. The number of unbranched alkanes of at least 4 members (excludes halogenated alkanes) is 30. The van der Waals surface area contributed by atoms with E-state index >= 15 is 0 Å². The summed E-state index contributed by atoms with van der Waals surface area (Å²) in [5, 5.41) is 0. The van der Waals surface area contributed by atoms with Crippen LogP contribution in [0.15, 0.2) is 122 Å². The van der Waals surface area contributed by atoms with E-state index in [1.54, 1.807) is 0 Å². The van der Waals surface area contributed by atoms with E-state index in [1.165, 1.54) is 161 Å². The molecule has 6 nitrogen and oxygen atoms in total. The van der Waals surface area contributed by atoms with E-state index in [4.69, 9.17) is 14.2 Å². The van der Waals surface area contributed by atoms with E-state index in [-0.39, 0.29) is 37.5 Å². The fourth-order valence-corrected chi connectivity index (χ4v) is 9.38. The Balaban J connectivity index is 4.45. The monoisotopic (exact) mass is 1120 g/mol. The molecule has 81 heavy (non-hydrogen) atoms. The molecule has 0 N–H and O–H groups in total. The van der Waals surface area contributed by atoms with E-state index in [0.29, 0.717) is 19.3 Å². The van der Waals surface area contributed by atoms with E-state index < -0.39 is 6.10 Å². The van der Waals surface area contributed by atoms with Crippen molar-refractivity contribution in [3.63, 3.8) is 0 Å². The van der Waals surface area contributed by atoms with Crippen molar-refractivity contribution < 1.29 is 28.6 Å². The first-order chi connectivity index (χ1) is 40.0. The van der Waals surface area contributed by atoms with Crippen molar-refractivity contribution >= 4 is 17.9 Å². The second-order valence-corrected chi connectivity index (χ2v) is 22.4. The summed E-state index contributed by atoms with van der Waals surface area (Å²) in [7, 11) is 0. The fraction of sp³-hybridized carbons (Fsp3) is 0.693. The highest BCUT2D eigenvalue weighted by molar-refractivity contribution is 5.71. The maximum Gasteiger partial charge on any atom is 0.306 e. The van der Waals surface area contributed by atoms with Gasteiger partial charge in [-0.05, 0) is 109 Å². The summed E-state index contributed by atoms with van der Waals surface area (Å²) in [6, 6.07) is 0. The fourth-order valence-electron chi connectivity index (χ4n) is 9.38. The van der Waals surface area contributed by atoms with Crippen LogP contribution in [0.1, 0.15) is 316 Å². The van der Waals surface area contributed by atoms with Gasteiger partial charge < -0.3 is 14.2 Å². The third-order valence-corrected chi connectivity index (χ3v) is 14.5. The molecule has 0 saturated carbocycles. The predicted molar refractivity (Wildman–Crippen MR) is 353 cm³/mol. The predicted octanol–water partition coefficient (Wildman–Crippen LogP) is 23.6. The lowest BCUT2D eigenvalue weighted by molar-refractivity contribution is -0.167. The molecule has 462 valence electrons. The molecule has 0 heterocycles. The molecule has 0 bridgehead atoms. The number of esters is 3. The van der Waals surface area contributed by atoms with Crippen LogP contribution in [-0.4, -0.2) is 37.2 Å². The molecule has 0 aliphatic rings. The zero-order chi connectivity index (χ0) is 58.5. The van der Waals surface area contributed by atoms with E-state index in [1.807, 2.05) is 0 Å². The summed E-state index contributed by atoms with van der Waals surface area (Å²) in [5.74, 6) is -0.959. The third kappa shape index (κ3) is 66.5. The lowest BCUT2D eigenvalue weighted by Crippen LogP contribution is -2.30. The molecule has 0 aromatic carbocycles. The Morgan fingerprint density at radius 1 is 0.259 bits per heavy atom. The van der Waals surface area contributed by atoms with Gasteiger partial charge in [-0.1, -0.05) is 309 Å². The molecule has 0 rings (SSSR count). The molecular weight excluding hydrogens is 997 g/mol. The second-order valence-electron chi connectivity index (χ2n) is 22.4. The molecule has 0 saturated heterocycles. The van der Waals surface area contributed by atoms with Gasteiger partial charge in [-0.25, -0.2) is 0 Å². The van der Waals surface area contributed by atoms with Crippen LogP contribution < -0.4 is 0 Å². The maximum absolute atomic E-state index is 12.9.